The van der Waals surface area contributed by atoms with Gasteiger partial charge in [0.25, 0.3) is 5.91 Å². The first-order chi connectivity index (χ1) is 12.5. The number of nitrogens with zero attached hydrogens (tertiary/aromatic N) is 1. The molecule has 1 atom stereocenters. The van der Waals surface area contributed by atoms with Gasteiger partial charge in [-0.25, -0.2) is 0 Å². The molecule has 0 spiro atoms. The molecular weight excluding hydrogens is 350 g/mol. The fraction of sp³-hybridized carbons (Fsp3) is 0.500. The fourth-order valence-electron chi connectivity index (χ4n) is 2.54. The van der Waals surface area contributed by atoms with Crippen molar-refractivity contribution in [1.29, 1.82) is 0 Å². The van der Waals surface area contributed by atoms with Crippen molar-refractivity contribution in [1.82, 2.24) is 5.32 Å². The monoisotopic (exact) mass is 372 g/mol. The van der Waals surface area contributed by atoms with E-state index in [1.54, 1.807) is 0 Å². The van der Waals surface area contributed by atoms with Crippen LogP contribution in [0.4, 0.5) is 20.2 Å². The molecule has 4 N–H and O–H groups in total. The van der Waals surface area contributed by atoms with Crippen molar-refractivity contribution in [2.24, 2.45) is 5.73 Å². The summed E-state index contributed by atoms with van der Waals surface area (Å²) in [6.45, 7) is -0.229. The van der Waals surface area contributed by atoms with Gasteiger partial charge in [0.05, 0.1) is 18.3 Å². The van der Waals surface area contributed by atoms with Gasteiger partial charge in [-0.3, -0.25) is 9.59 Å². The van der Waals surface area contributed by atoms with E-state index in [4.69, 9.17) is 10.5 Å². The van der Waals surface area contributed by atoms with Crippen molar-refractivity contribution < 1.29 is 27.8 Å². The number of rotatable bonds is 8. The normalized spacial score (nSPS) is 15.9. The van der Waals surface area contributed by atoms with Crippen molar-refractivity contribution in [3.05, 3.63) is 18.2 Å². The van der Waals surface area contributed by atoms with Gasteiger partial charge in [0, 0.05) is 24.8 Å². The first-order valence-electron chi connectivity index (χ1n) is 8.17. The summed E-state index contributed by atoms with van der Waals surface area (Å²) in [5.74, 6) is -0.962. The minimum absolute atomic E-state index is 0.0838. The summed E-state index contributed by atoms with van der Waals surface area (Å²) in [5, 5.41) is 5.51. The van der Waals surface area contributed by atoms with Gasteiger partial charge in [-0.2, -0.15) is 8.78 Å². The van der Waals surface area contributed by atoms with Crippen molar-refractivity contribution in [2.75, 3.05) is 43.1 Å². The fourth-order valence-corrected chi connectivity index (χ4v) is 2.54. The molecule has 0 bridgehead atoms. The number of nitrogens with two attached hydrogens (primary N) is 1. The standard InChI is InChI=1S/C16H22F2N4O4/c1-2-20-11(8-19)15(24)21-10-3-4-12(13(7-10)26-16(17)18)22-5-6-25-9-14(22)23/h3-4,7,11,16,20H,2,5-6,8-9,19H2,1H3,(H,21,24)/t11-/m0/s1. The van der Waals surface area contributed by atoms with Crippen LogP contribution in [-0.4, -0.2) is 57.3 Å². The maximum Gasteiger partial charge on any atom is 0.387 e. The molecule has 10 heteroatoms. The van der Waals surface area contributed by atoms with Gasteiger partial charge < -0.3 is 30.7 Å². The Kier molecular flexibility index (Phi) is 7.25. The summed E-state index contributed by atoms with van der Waals surface area (Å²) in [6, 6.07) is 3.59. The molecule has 1 heterocycles. The van der Waals surface area contributed by atoms with E-state index in [-0.39, 0.29) is 42.7 Å². The Morgan fingerprint density at radius 3 is 2.85 bits per heavy atom. The van der Waals surface area contributed by atoms with Crippen LogP contribution in [0.15, 0.2) is 18.2 Å². The minimum Gasteiger partial charge on any atom is -0.433 e. The molecule has 1 aliphatic rings. The van der Waals surface area contributed by atoms with Crippen LogP contribution in [-0.2, 0) is 14.3 Å². The van der Waals surface area contributed by atoms with E-state index in [0.717, 1.165) is 0 Å². The SMILES string of the molecule is CCN[C@@H](CN)C(=O)Nc1ccc(N2CCOCC2=O)c(OC(F)F)c1. The summed E-state index contributed by atoms with van der Waals surface area (Å²) in [4.78, 5) is 25.5. The number of anilines is 2. The summed E-state index contributed by atoms with van der Waals surface area (Å²) in [5.41, 5.74) is 5.99. The van der Waals surface area contributed by atoms with Gasteiger partial charge in [-0.05, 0) is 18.7 Å². The molecule has 8 nitrogen and oxygen atoms in total. The first-order valence-corrected chi connectivity index (χ1v) is 8.17. The Morgan fingerprint density at radius 2 is 2.23 bits per heavy atom. The lowest BCUT2D eigenvalue weighted by Gasteiger charge is -2.28. The number of hydrogen-bond acceptors (Lipinski definition) is 6. The Bertz CT molecular complexity index is 645. The second-order valence-corrected chi connectivity index (χ2v) is 5.49. The summed E-state index contributed by atoms with van der Waals surface area (Å²) >= 11 is 0. The van der Waals surface area contributed by atoms with Crippen molar-refractivity contribution in [2.45, 2.75) is 19.6 Å². The van der Waals surface area contributed by atoms with Gasteiger partial charge >= 0.3 is 6.61 Å². The maximum atomic E-state index is 12.8. The summed E-state index contributed by atoms with van der Waals surface area (Å²) in [7, 11) is 0. The summed E-state index contributed by atoms with van der Waals surface area (Å²) in [6.07, 6.45) is 0. The number of alkyl halides is 2. The van der Waals surface area contributed by atoms with E-state index in [1.165, 1.54) is 23.1 Å². The number of ether oxygens (including phenoxy) is 2. The molecule has 1 saturated heterocycles. The van der Waals surface area contributed by atoms with Crippen LogP contribution in [0.3, 0.4) is 0 Å². The number of benzene rings is 1. The second-order valence-electron chi connectivity index (χ2n) is 5.49. The lowest BCUT2D eigenvalue weighted by molar-refractivity contribution is -0.125. The molecule has 0 saturated carbocycles. The molecule has 144 valence electrons. The van der Waals surface area contributed by atoms with Gasteiger partial charge in [-0.15, -0.1) is 0 Å². The number of likely N-dealkylation sites (N-methyl/N-ethyl adjacent to an activating group) is 1. The van der Waals surface area contributed by atoms with Crippen molar-refractivity contribution in [3.8, 4) is 5.75 Å². The van der Waals surface area contributed by atoms with Crippen LogP contribution in [0, 0.1) is 0 Å². The van der Waals surface area contributed by atoms with Crippen molar-refractivity contribution >= 4 is 23.2 Å². The lowest BCUT2D eigenvalue weighted by Crippen LogP contribution is -2.45. The molecule has 1 fully saturated rings. The van der Waals surface area contributed by atoms with E-state index in [2.05, 4.69) is 15.4 Å². The lowest BCUT2D eigenvalue weighted by atomic mass is 10.2. The first kappa shape index (κ1) is 20.0. The van der Waals surface area contributed by atoms with E-state index in [9.17, 15) is 18.4 Å². The Balaban J connectivity index is 2.24. The number of carbonyl (C=O) groups is 2. The zero-order valence-electron chi connectivity index (χ0n) is 14.3. The largest absolute Gasteiger partial charge is 0.433 e. The number of hydrogen-bond donors (Lipinski definition) is 3. The highest BCUT2D eigenvalue weighted by Crippen LogP contribution is 2.33. The smallest absolute Gasteiger partial charge is 0.387 e. The highest BCUT2D eigenvalue weighted by Gasteiger charge is 2.25. The molecule has 26 heavy (non-hydrogen) atoms. The molecule has 1 aliphatic heterocycles. The Labute approximate surface area is 149 Å². The van der Waals surface area contributed by atoms with E-state index in [0.29, 0.717) is 13.2 Å². The third kappa shape index (κ3) is 5.10. The van der Waals surface area contributed by atoms with E-state index in [1.807, 2.05) is 6.92 Å². The van der Waals surface area contributed by atoms with Gasteiger partial charge in [0.1, 0.15) is 6.61 Å². The van der Waals surface area contributed by atoms with Gasteiger partial charge in [0.2, 0.25) is 5.91 Å². The van der Waals surface area contributed by atoms with Crippen LogP contribution >= 0.6 is 0 Å². The maximum absolute atomic E-state index is 12.8. The van der Waals surface area contributed by atoms with Crippen LogP contribution < -0.4 is 26.0 Å². The number of morpholine rings is 1. The quantitative estimate of drug-likeness (QED) is 0.615. The van der Waals surface area contributed by atoms with Crippen LogP contribution in [0.1, 0.15) is 6.92 Å². The van der Waals surface area contributed by atoms with Crippen LogP contribution in [0.5, 0.6) is 5.75 Å². The van der Waals surface area contributed by atoms with Gasteiger partial charge in [-0.1, -0.05) is 6.92 Å². The molecule has 2 rings (SSSR count). The predicted molar refractivity (Wildman–Crippen MR) is 91.4 cm³/mol. The highest BCUT2D eigenvalue weighted by atomic mass is 19.3. The third-order valence-electron chi connectivity index (χ3n) is 3.72. The van der Waals surface area contributed by atoms with Gasteiger partial charge in [0.15, 0.2) is 5.75 Å². The highest BCUT2D eigenvalue weighted by molar-refractivity contribution is 5.98. The molecular formula is C16H22F2N4O4. The Morgan fingerprint density at radius 1 is 1.46 bits per heavy atom. The van der Waals surface area contributed by atoms with E-state index < -0.39 is 18.6 Å². The molecule has 0 aromatic heterocycles. The zero-order valence-corrected chi connectivity index (χ0v) is 14.3. The average molecular weight is 372 g/mol. The topological polar surface area (TPSA) is 106 Å². The third-order valence-corrected chi connectivity index (χ3v) is 3.72. The molecule has 1 aromatic rings. The molecule has 0 radical (unpaired) electrons. The van der Waals surface area contributed by atoms with E-state index >= 15 is 0 Å². The molecule has 2 amide bonds. The minimum atomic E-state index is -3.07. The number of amides is 2. The number of nitrogens with one attached hydrogen (secondary N) is 2. The molecule has 0 aliphatic carbocycles. The number of carbonyl (C=O) groups excluding carboxylic acids is 2. The van der Waals surface area contributed by atoms with Crippen LogP contribution in [0.25, 0.3) is 0 Å². The van der Waals surface area contributed by atoms with Crippen LogP contribution in [0.2, 0.25) is 0 Å². The second kappa shape index (κ2) is 9.41. The van der Waals surface area contributed by atoms with Crippen molar-refractivity contribution in [3.63, 3.8) is 0 Å². The zero-order chi connectivity index (χ0) is 19.1. The Hall–Kier alpha value is -2.30. The number of halogens is 2. The molecule has 0 unspecified atom stereocenters. The summed E-state index contributed by atoms with van der Waals surface area (Å²) < 4.78 is 35.1. The predicted octanol–water partition coefficient (Wildman–Crippen LogP) is 0.526. The molecule has 1 aromatic carbocycles. The average Bonchev–Trinajstić information content (AvgIpc) is 2.60.